The summed E-state index contributed by atoms with van der Waals surface area (Å²) in [6, 6.07) is 12.7. The average Bonchev–Trinajstić information content (AvgIpc) is 2.70. The first-order valence-corrected chi connectivity index (χ1v) is 11.2. The maximum absolute atomic E-state index is 10.9. The van der Waals surface area contributed by atoms with E-state index >= 15 is 0 Å². The number of rotatable bonds is 13. The van der Waals surface area contributed by atoms with Crippen molar-refractivity contribution in [3.63, 3.8) is 0 Å². The Morgan fingerprint density at radius 2 is 1.04 bits per heavy atom. The molecule has 0 aliphatic heterocycles. The smallest absolute Gasteiger partial charge is 0.252 e. The third-order valence-electron chi connectivity index (χ3n) is 3.06. The van der Waals surface area contributed by atoms with Crippen molar-refractivity contribution in [1.82, 2.24) is 0 Å². The van der Waals surface area contributed by atoms with Gasteiger partial charge in [-0.1, -0.05) is 21.6 Å². The molecule has 150 valence electrons. The Labute approximate surface area is 180 Å². The van der Waals surface area contributed by atoms with E-state index in [1.807, 2.05) is 0 Å². The monoisotopic (exact) mass is 462 g/mol. The molecule has 0 heterocycles. The lowest BCUT2D eigenvalue weighted by Gasteiger charge is -2.06. The summed E-state index contributed by atoms with van der Waals surface area (Å²) in [5.41, 5.74) is 0.795. The normalized spacial score (nSPS) is 10.5. The summed E-state index contributed by atoms with van der Waals surface area (Å²) in [6.07, 6.45) is 0. The Bertz CT molecular complexity index is 690. The molecule has 0 amide bonds. The number of halogens is 2. The van der Waals surface area contributed by atoms with Gasteiger partial charge >= 0.3 is 0 Å². The highest BCUT2D eigenvalue weighted by Crippen LogP contribution is 2.21. The molecule has 0 unspecified atom stereocenters. The number of hydrogen-bond acceptors (Lipinski definition) is 8. The molecule has 28 heavy (non-hydrogen) atoms. The summed E-state index contributed by atoms with van der Waals surface area (Å²) < 4.78 is 0. The molecule has 0 aromatic heterocycles. The fourth-order valence-electron chi connectivity index (χ4n) is 1.76. The number of carbonyl (C=O) groups excluding carboxylic acids is 2. The zero-order chi connectivity index (χ0) is 20.2. The minimum atomic E-state index is -0.518. The molecule has 2 aromatic carbocycles. The van der Waals surface area contributed by atoms with Crippen molar-refractivity contribution in [1.29, 1.82) is 0 Å². The van der Waals surface area contributed by atoms with Gasteiger partial charge in [-0.2, -0.15) is 9.78 Å². The first-order valence-electron chi connectivity index (χ1n) is 7.99. The molecular weight excluding hydrogens is 447 g/mol. The zero-order valence-electron chi connectivity index (χ0n) is 14.5. The highest BCUT2D eigenvalue weighted by Gasteiger charge is 2.03. The van der Waals surface area contributed by atoms with Gasteiger partial charge in [0.2, 0.25) is 0 Å². The molecule has 2 aromatic rings. The van der Waals surface area contributed by atoms with Crippen LogP contribution < -0.4 is 9.78 Å². The van der Waals surface area contributed by atoms with Crippen molar-refractivity contribution < 1.29 is 29.1 Å². The molecule has 2 rings (SSSR count). The van der Waals surface area contributed by atoms with Crippen LogP contribution in [0.4, 0.5) is 0 Å². The second kappa shape index (κ2) is 12.9. The van der Waals surface area contributed by atoms with Gasteiger partial charge in [-0.15, -0.1) is 0 Å². The molecule has 6 nitrogen and oxygen atoms in total. The molecular formula is C18H16Cl2O6S2. The van der Waals surface area contributed by atoms with E-state index in [0.717, 1.165) is 11.5 Å². The van der Waals surface area contributed by atoms with E-state index in [0.29, 0.717) is 35.8 Å². The van der Waals surface area contributed by atoms with Gasteiger partial charge in [0.15, 0.2) is 11.5 Å². The van der Waals surface area contributed by atoms with E-state index in [4.69, 9.17) is 42.8 Å². The third kappa shape index (κ3) is 8.72. The highest BCUT2D eigenvalue weighted by atomic mass is 35.5. The largest absolute Gasteiger partial charge is 0.338 e. The highest BCUT2D eigenvalue weighted by molar-refractivity contribution is 8.76. The number of carbonyl (C=O) groups is 2. The maximum atomic E-state index is 10.9. The maximum Gasteiger partial charge on any atom is 0.252 e. The SMILES string of the molecule is O=C(Cl)c1ccc(OOCCSSCCOOc2ccc(C(=O)Cl)cc2)cc1. The van der Waals surface area contributed by atoms with Crippen LogP contribution in [0.25, 0.3) is 0 Å². The fraction of sp³-hybridized carbons (Fsp3) is 0.222. The van der Waals surface area contributed by atoms with Gasteiger partial charge < -0.3 is 9.78 Å². The second-order valence-electron chi connectivity index (χ2n) is 5.05. The van der Waals surface area contributed by atoms with Gasteiger partial charge in [-0.05, 0) is 71.7 Å². The van der Waals surface area contributed by atoms with Crippen LogP contribution in [-0.4, -0.2) is 35.2 Å². The van der Waals surface area contributed by atoms with Crippen molar-refractivity contribution in [3.8, 4) is 11.5 Å². The minimum absolute atomic E-state index is 0.398. The van der Waals surface area contributed by atoms with Gasteiger partial charge in [0.25, 0.3) is 10.5 Å². The molecule has 0 radical (unpaired) electrons. The zero-order valence-corrected chi connectivity index (χ0v) is 17.6. The van der Waals surface area contributed by atoms with Gasteiger partial charge in [0.1, 0.15) is 13.2 Å². The number of hydrogen-bond donors (Lipinski definition) is 0. The van der Waals surface area contributed by atoms with Crippen LogP contribution >= 0.6 is 44.8 Å². The Balaban J connectivity index is 1.45. The molecule has 0 fully saturated rings. The Morgan fingerprint density at radius 1 is 0.679 bits per heavy atom. The summed E-state index contributed by atoms with van der Waals surface area (Å²) in [4.78, 5) is 42.3. The molecule has 0 saturated carbocycles. The first kappa shape index (κ1) is 22.9. The van der Waals surface area contributed by atoms with E-state index in [1.54, 1.807) is 70.1 Å². The van der Waals surface area contributed by atoms with Gasteiger partial charge in [0, 0.05) is 22.6 Å². The molecule has 0 atom stereocenters. The van der Waals surface area contributed by atoms with Crippen LogP contribution in [-0.2, 0) is 9.78 Å². The van der Waals surface area contributed by atoms with Crippen LogP contribution in [0.2, 0.25) is 0 Å². The Kier molecular flexibility index (Phi) is 10.6. The standard InChI is InChI=1S/C18H16Cl2O6S2/c19-17(21)13-1-5-15(6-2-13)25-23-9-11-27-28-12-10-24-26-16-7-3-14(4-8-16)18(20)22/h1-8H,9-12H2. The van der Waals surface area contributed by atoms with Crippen LogP contribution in [0.15, 0.2) is 48.5 Å². The quantitative estimate of drug-likeness (QED) is 0.133. The van der Waals surface area contributed by atoms with Crippen LogP contribution in [0, 0.1) is 0 Å². The van der Waals surface area contributed by atoms with E-state index < -0.39 is 10.5 Å². The van der Waals surface area contributed by atoms with Crippen molar-refractivity contribution in [3.05, 3.63) is 59.7 Å². The molecule has 10 heteroatoms. The summed E-state index contributed by atoms with van der Waals surface area (Å²) >= 11 is 10.7. The van der Waals surface area contributed by atoms with Crippen molar-refractivity contribution >= 4 is 55.3 Å². The number of benzene rings is 2. The topological polar surface area (TPSA) is 71.1 Å². The lowest BCUT2D eigenvalue weighted by Crippen LogP contribution is -2.03. The van der Waals surface area contributed by atoms with Crippen LogP contribution in [0.5, 0.6) is 11.5 Å². The van der Waals surface area contributed by atoms with Crippen molar-refractivity contribution in [2.45, 2.75) is 0 Å². The van der Waals surface area contributed by atoms with E-state index in [2.05, 4.69) is 0 Å². The van der Waals surface area contributed by atoms with E-state index in [9.17, 15) is 9.59 Å². The van der Waals surface area contributed by atoms with Gasteiger partial charge in [0.05, 0.1) is 0 Å². The lowest BCUT2D eigenvalue weighted by atomic mass is 10.2. The van der Waals surface area contributed by atoms with Crippen molar-refractivity contribution in [2.75, 3.05) is 24.7 Å². The van der Waals surface area contributed by atoms with E-state index in [1.165, 1.54) is 0 Å². The Morgan fingerprint density at radius 3 is 1.36 bits per heavy atom. The molecule has 0 spiro atoms. The van der Waals surface area contributed by atoms with E-state index in [-0.39, 0.29) is 0 Å². The average molecular weight is 463 g/mol. The molecule has 0 aliphatic rings. The predicted molar refractivity (Wildman–Crippen MR) is 111 cm³/mol. The van der Waals surface area contributed by atoms with Gasteiger partial charge in [-0.3, -0.25) is 9.59 Å². The second-order valence-corrected chi connectivity index (χ2v) is 8.44. The summed E-state index contributed by atoms with van der Waals surface area (Å²) in [5.74, 6) is 2.43. The summed E-state index contributed by atoms with van der Waals surface area (Å²) in [5, 5.41) is -1.04. The molecule has 0 aliphatic carbocycles. The van der Waals surface area contributed by atoms with Crippen LogP contribution in [0.1, 0.15) is 20.7 Å². The predicted octanol–water partition coefficient (Wildman–Crippen LogP) is 5.15. The van der Waals surface area contributed by atoms with Crippen LogP contribution in [0.3, 0.4) is 0 Å². The minimum Gasteiger partial charge on any atom is -0.338 e. The Hall–Kier alpha value is -1.42. The van der Waals surface area contributed by atoms with Gasteiger partial charge in [-0.25, -0.2) is 0 Å². The first-order chi connectivity index (χ1) is 13.6. The third-order valence-corrected chi connectivity index (χ3v) is 5.83. The summed E-state index contributed by atoms with van der Waals surface area (Å²) in [7, 11) is 3.22. The molecule has 0 N–H and O–H groups in total. The molecule has 0 saturated heterocycles. The lowest BCUT2D eigenvalue weighted by molar-refractivity contribution is -0.201. The van der Waals surface area contributed by atoms with Crippen molar-refractivity contribution in [2.24, 2.45) is 0 Å². The summed E-state index contributed by atoms with van der Waals surface area (Å²) in [6.45, 7) is 0.799. The fourth-order valence-corrected chi connectivity index (χ4v) is 3.63. The molecule has 0 bridgehead atoms.